The summed E-state index contributed by atoms with van der Waals surface area (Å²) in [5.74, 6) is -0.124. The van der Waals surface area contributed by atoms with Gasteiger partial charge >= 0.3 is 5.63 Å². The lowest BCUT2D eigenvalue weighted by Crippen LogP contribution is -2.26. The SMILES string of the molecule is O=C(NCCc1c(Br)[nH]c2ccc(O)cc12)c1ccc(=O)oc1. The van der Waals surface area contributed by atoms with Crippen LogP contribution in [0.15, 0.2) is 50.4 Å². The molecule has 1 amide bonds. The molecule has 0 aliphatic heterocycles. The first-order valence-corrected chi connectivity index (χ1v) is 7.70. The topological polar surface area (TPSA) is 95.3 Å². The first kappa shape index (κ1) is 15.4. The molecule has 0 spiro atoms. The monoisotopic (exact) mass is 376 g/mol. The van der Waals surface area contributed by atoms with Crippen LogP contribution in [0.25, 0.3) is 10.9 Å². The molecular formula is C16H13BrN2O4. The maximum atomic E-state index is 12.0. The number of carbonyl (C=O) groups excluding carboxylic acids is 1. The number of hydrogen-bond acceptors (Lipinski definition) is 4. The average molecular weight is 377 g/mol. The van der Waals surface area contributed by atoms with Crippen molar-refractivity contribution in [3.05, 3.63) is 62.7 Å². The molecule has 6 nitrogen and oxygen atoms in total. The number of aromatic nitrogens is 1. The number of carbonyl (C=O) groups is 1. The number of amides is 1. The molecule has 3 aromatic rings. The van der Waals surface area contributed by atoms with Crippen LogP contribution in [-0.2, 0) is 6.42 Å². The van der Waals surface area contributed by atoms with Gasteiger partial charge in [0.2, 0.25) is 0 Å². The summed E-state index contributed by atoms with van der Waals surface area (Å²) >= 11 is 3.45. The second kappa shape index (κ2) is 6.29. The lowest BCUT2D eigenvalue weighted by atomic mass is 10.1. The Morgan fingerprint density at radius 1 is 1.30 bits per heavy atom. The predicted molar refractivity (Wildman–Crippen MR) is 88.7 cm³/mol. The van der Waals surface area contributed by atoms with Crippen LogP contribution < -0.4 is 10.9 Å². The molecule has 0 radical (unpaired) electrons. The minimum Gasteiger partial charge on any atom is -0.508 e. The van der Waals surface area contributed by atoms with Crippen molar-refractivity contribution >= 4 is 32.7 Å². The third kappa shape index (κ3) is 3.29. The summed E-state index contributed by atoms with van der Waals surface area (Å²) in [5, 5.41) is 13.3. The predicted octanol–water partition coefficient (Wildman–Crippen LogP) is 2.56. The molecule has 2 heterocycles. The van der Waals surface area contributed by atoms with Crippen LogP contribution in [0, 0.1) is 0 Å². The standard InChI is InChI=1S/C16H13BrN2O4/c17-15-11(12-7-10(20)2-3-13(12)19-15)5-6-18-16(22)9-1-4-14(21)23-8-9/h1-4,7-8,19-20H,5-6H2,(H,18,22). The molecule has 0 atom stereocenters. The van der Waals surface area contributed by atoms with E-state index in [-0.39, 0.29) is 11.7 Å². The fourth-order valence-electron chi connectivity index (χ4n) is 2.34. The molecule has 0 bridgehead atoms. The lowest BCUT2D eigenvalue weighted by Gasteiger charge is -2.05. The Morgan fingerprint density at radius 2 is 2.13 bits per heavy atom. The van der Waals surface area contributed by atoms with E-state index < -0.39 is 5.63 Å². The van der Waals surface area contributed by atoms with Crippen LogP contribution >= 0.6 is 15.9 Å². The minimum absolute atomic E-state index is 0.189. The highest BCUT2D eigenvalue weighted by Gasteiger charge is 2.11. The van der Waals surface area contributed by atoms with Crippen molar-refractivity contribution in [2.24, 2.45) is 0 Å². The van der Waals surface area contributed by atoms with Gasteiger partial charge in [-0.05, 0) is 52.2 Å². The van der Waals surface area contributed by atoms with Gasteiger partial charge in [0.1, 0.15) is 12.0 Å². The van der Waals surface area contributed by atoms with Crippen LogP contribution in [0.5, 0.6) is 5.75 Å². The average Bonchev–Trinajstić information content (AvgIpc) is 2.83. The highest BCUT2D eigenvalue weighted by Crippen LogP contribution is 2.29. The molecule has 0 fully saturated rings. The second-order valence-corrected chi connectivity index (χ2v) is 5.79. The number of fused-ring (bicyclic) bond motifs is 1. The van der Waals surface area contributed by atoms with Crippen LogP contribution in [-0.4, -0.2) is 22.5 Å². The number of benzene rings is 1. The van der Waals surface area contributed by atoms with Gasteiger partial charge in [-0.15, -0.1) is 0 Å². The van der Waals surface area contributed by atoms with E-state index in [0.717, 1.165) is 27.3 Å². The maximum absolute atomic E-state index is 12.0. The first-order chi connectivity index (χ1) is 11.0. The molecule has 2 aromatic heterocycles. The van der Waals surface area contributed by atoms with Gasteiger partial charge in [0.25, 0.3) is 5.91 Å². The van der Waals surface area contributed by atoms with Gasteiger partial charge in [-0.2, -0.15) is 0 Å². The molecule has 0 saturated carbocycles. The van der Waals surface area contributed by atoms with Crippen molar-refractivity contribution in [2.75, 3.05) is 6.54 Å². The zero-order valence-corrected chi connectivity index (χ0v) is 13.5. The van der Waals surface area contributed by atoms with E-state index in [1.807, 2.05) is 0 Å². The van der Waals surface area contributed by atoms with Crippen LogP contribution in [0.2, 0.25) is 0 Å². The van der Waals surface area contributed by atoms with Gasteiger partial charge in [0, 0.05) is 23.5 Å². The van der Waals surface area contributed by atoms with E-state index >= 15 is 0 Å². The van der Waals surface area contributed by atoms with Crippen molar-refractivity contribution < 1.29 is 14.3 Å². The van der Waals surface area contributed by atoms with E-state index in [4.69, 9.17) is 0 Å². The molecule has 3 N–H and O–H groups in total. The number of aromatic hydroxyl groups is 1. The Hall–Kier alpha value is -2.54. The zero-order valence-electron chi connectivity index (χ0n) is 11.9. The van der Waals surface area contributed by atoms with Crippen molar-refractivity contribution in [1.29, 1.82) is 0 Å². The molecule has 7 heteroatoms. The van der Waals surface area contributed by atoms with E-state index in [1.165, 1.54) is 12.1 Å². The molecule has 23 heavy (non-hydrogen) atoms. The van der Waals surface area contributed by atoms with E-state index in [9.17, 15) is 14.7 Å². The molecule has 3 rings (SSSR count). The summed E-state index contributed by atoms with van der Waals surface area (Å²) in [4.78, 5) is 26.0. The van der Waals surface area contributed by atoms with Crippen molar-refractivity contribution in [2.45, 2.75) is 6.42 Å². The Balaban J connectivity index is 1.70. The zero-order chi connectivity index (χ0) is 16.4. The number of aromatic amines is 1. The number of hydrogen-bond donors (Lipinski definition) is 3. The van der Waals surface area contributed by atoms with Crippen LogP contribution in [0.1, 0.15) is 15.9 Å². The van der Waals surface area contributed by atoms with E-state index in [0.29, 0.717) is 18.5 Å². The largest absolute Gasteiger partial charge is 0.508 e. The number of phenols is 1. The van der Waals surface area contributed by atoms with Gasteiger partial charge < -0.3 is 19.8 Å². The van der Waals surface area contributed by atoms with Crippen molar-refractivity contribution in [3.8, 4) is 5.75 Å². The highest BCUT2D eigenvalue weighted by molar-refractivity contribution is 9.10. The Bertz CT molecular complexity index is 909. The molecular weight excluding hydrogens is 364 g/mol. The van der Waals surface area contributed by atoms with Crippen LogP contribution in [0.4, 0.5) is 0 Å². The second-order valence-electron chi connectivity index (χ2n) is 5.00. The summed E-state index contributed by atoms with van der Waals surface area (Å²) in [7, 11) is 0. The molecule has 0 unspecified atom stereocenters. The van der Waals surface area contributed by atoms with Gasteiger partial charge in [0.05, 0.1) is 10.2 Å². The Morgan fingerprint density at radius 3 is 2.87 bits per heavy atom. The number of halogens is 1. The number of rotatable bonds is 4. The van der Waals surface area contributed by atoms with E-state index in [2.05, 4.69) is 30.6 Å². The molecule has 0 aliphatic carbocycles. The third-order valence-electron chi connectivity index (χ3n) is 3.46. The quantitative estimate of drug-likeness (QED) is 0.651. The minimum atomic E-state index is -0.496. The number of nitrogens with one attached hydrogen (secondary N) is 2. The van der Waals surface area contributed by atoms with E-state index in [1.54, 1.807) is 18.2 Å². The number of phenolic OH excluding ortho intramolecular Hbond substituents is 1. The highest BCUT2D eigenvalue weighted by atomic mass is 79.9. The van der Waals surface area contributed by atoms with Gasteiger partial charge in [0.15, 0.2) is 0 Å². The maximum Gasteiger partial charge on any atom is 0.335 e. The summed E-state index contributed by atoms with van der Waals surface area (Å²) in [5.41, 5.74) is 1.67. The summed E-state index contributed by atoms with van der Waals surface area (Å²) in [6, 6.07) is 7.71. The molecule has 0 saturated heterocycles. The normalized spacial score (nSPS) is 10.8. The van der Waals surface area contributed by atoms with Gasteiger partial charge in [-0.25, -0.2) is 4.79 Å². The Kier molecular flexibility index (Phi) is 4.20. The summed E-state index contributed by atoms with van der Waals surface area (Å²) in [6.07, 6.45) is 1.71. The van der Waals surface area contributed by atoms with Gasteiger partial charge in [-0.3, -0.25) is 4.79 Å². The summed E-state index contributed by atoms with van der Waals surface area (Å²) in [6.45, 7) is 0.402. The van der Waals surface area contributed by atoms with Crippen LogP contribution in [0.3, 0.4) is 0 Å². The fraction of sp³-hybridized carbons (Fsp3) is 0.125. The first-order valence-electron chi connectivity index (χ1n) is 6.91. The lowest BCUT2D eigenvalue weighted by molar-refractivity contribution is 0.0951. The molecule has 118 valence electrons. The summed E-state index contributed by atoms with van der Waals surface area (Å²) < 4.78 is 5.48. The number of H-pyrrole nitrogens is 1. The van der Waals surface area contributed by atoms with Crippen molar-refractivity contribution in [3.63, 3.8) is 0 Å². The fourth-order valence-corrected chi connectivity index (χ4v) is 2.96. The van der Waals surface area contributed by atoms with Crippen molar-refractivity contribution in [1.82, 2.24) is 10.3 Å². The third-order valence-corrected chi connectivity index (χ3v) is 4.14. The molecule has 0 aliphatic rings. The smallest absolute Gasteiger partial charge is 0.335 e. The Labute approximate surface area is 139 Å². The molecule has 1 aromatic carbocycles. The van der Waals surface area contributed by atoms with Gasteiger partial charge in [-0.1, -0.05) is 0 Å².